The monoisotopic (exact) mass is 246 g/mol. The maximum Gasteiger partial charge on any atom is 0.251 e. The average molecular weight is 246 g/mol. The molecule has 0 saturated heterocycles. The van der Waals surface area contributed by atoms with Gasteiger partial charge in [0, 0.05) is 12.4 Å². The van der Waals surface area contributed by atoms with Crippen LogP contribution in [0, 0.1) is 11.3 Å². The molecule has 0 atom stereocenters. The van der Waals surface area contributed by atoms with Gasteiger partial charge in [-0.1, -0.05) is 25.7 Å². The minimum Gasteiger partial charge on any atom is -0.474 e. The SMILES string of the molecule is N#Cc1nccnc1OCC1(N)CCCCCC1. The Labute approximate surface area is 107 Å². The summed E-state index contributed by atoms with van der Waals surface area (Å²) in [7, 11) is 0. The van der Waals surface area contributed by atoms with E-state index in [2.05, 4.69) is 9.97 Å². The van der Waals surface area contributed by atoms with Crippen LogP contribution in [-0.4, -0.2) is 22.1 Å². The normalized spacial score (nSPS) is 18.7. The van der Waals surface area contributed by atoms with Gasteiger partial charge in [-0.25, -0.2) is 9.97 Å². The first-order chi connectivity index (χ1) is 8.73. The van der Waals surface area contributed by atoms with Gasteiger partial charge >= 0.3 is 0 Å². The Morgan fingerprint density at radius 2 is 1.89 bits per heavy atom. The lowest BCUT2D eigenvalue weighted by Crippen LogP contribution is -2.45. The largest absolute Gasteiger partial charge is 0.474 e. The summed E-state index contributed by atoms with van der Waals surface area (Å²) in [5, 5.41) is 8.90. The molecular formula is C13H18N4O. The molecule has 1 fully saturated rings. The molecule has 0 bridgehead atoms. The minimum atomic E-state index is -0.291. The van der Waals surface area contributed by atoms with E-state index in [1.165, 1.54) is 25.2 Å². The standard InChI is InChI=1S/C13H18N4O/c14-9-11-12(17-8-7-16-11)18-10-13(15)5-3-1-2-4-6-13/h7-8H,1-6,10,15H2. The summed E-state index contributed by atoms with van der Waals surface area (Å²) in [5.74, 6) is 0.286. The quantitative estimate of drug-likeness (QED) is 0.822. The zero-order valence-electron chi connectivity index (χ0n) is 10.4. The second-order valence-electron chi connectivity index (χ2n) is 4.89. The lowest BCUT2D eigenvalue weighted by Gasteiger charge is -2.27. The van der Waals surface area contributed by atoms with Crippen molar-refractivity contribution in [2.24, 2.45) is 5.73 Å². The highest BCUT2D eigenvalue weighted by atomic mass is 16.5. The Hall–Kier alpha value is -1.67. The fourth-order valence-electron chi connectivity index (χ4n) is 2.30. The second-order valence-corrected chi connectivity index (χ2v) is 4.89. The van der Waals surface area contributed by atoms with Crippen LogP contribution >= 0.6 is 0 Å². The van der Waals surface area contributed by atoms with Crippen LogP contribution in [0.25, 0.3) is 0 Å². The predicted octanol–water partition coefficient (Wildman–Crippen LogP) is 1.78. The highest BCUT2D eigenvalue weighted by Crippen LogP contribution is 2.25. The van der Waals surface area contributed by atoms with E-state index < -0.39 is 0 Å². The highest BCUT2D eigenvalue weighted by Gasteiger charge is 2.27. The van der Waals surface area contributed by atoms with E-state index in [1.54, 1.807) is 0 Å². The van der Waals surface area contributed by atoms with Gasteiger partial charge in [0.2, 0.25) is 5.69 Å². The molecule has 5 heteroatoms. The van der Waals surface area contributed by atoms with E-state index in [-0.39, 0.29) is 17.1 Å². The van der Waals surface area contributed by atoms with Crippen molar-refractivity contribution in [3.63, 3.8) is 0 Å². The average Bonchev–Trinajstić information content (AvgIpc) is 2.62. The molecule has 1 aromatic heterocycles. The molecule has 1 heterocycles. The number of rotatable bonds is 3. The minimum absolute atomic E-state index is 0.217. The lowest BCUT2D eigenvalue weighted by molar-refractivity contribution is 0.192. The summed E-state index contributed by atoms with van der Waals surface area (Å²) in [4.78, 5) is 7.94. The highest BCUT2D eigenvalue weighted by molar-refractivity contribution is 5.29. The van der Waals surface area contributed by atoms with Crippen molar-refractivity contribution in [1.29, 1.82) is 5.26 Å². The van der Waals surface area contributed by atoms with Crippen LogP contribution in [0.5, 0.6) is 5.88 Å². The van der Waals surface area contributed by atoms with Crippen molar-refractivity contribution in [3.8, 4) is 11.9 Å². The van der Waals surface area contributed by atoms with Crippen LogP contribution in [-0.2, 0) is 0 Å². The molecule has 0 unspecified atom stereocenters. The van der Waals surface area contributed by atoms with Crippen molar-refractivity contribution in [3.05, 3.63) is 18.1 Å². The van der Waals surface area contributed by atoms with Crippen molar-refractivity contribution in [1.82, 2.24) is 9.97 Å². The number of nitrogens with two attached hydrogens (primary N) is 1. The van der Waals surface area contributed by atoms with Crippen LogP contribution in [0.4, 0.5) is 0 Å². The van der Waals surface area contributed by atoms with Gasteiger partial charge in [0.05, 0.1) is 5.54 Å². The van der Waals surface area contributed by atoms with Crippen LogP contribution in [0.1, 0.15) is 44.2 Å². The van der Waals surface area contributed by atoms with Crippen LogP contribution < -0.4 is 10.5 Å². The first kappa shape index (κ1) is 12.8. The molecule has 2 N–H and O–H groups in total. The zero-order valence-corrected chi connectivity index (χ0v) is 10.4. The summed E-state index contributed by atoms with van der Waals surface area (Å²) in [6.45, 7) is 0.403. The van der Waals surface area contributed by atoms with E-state index >= 15 is 0 Å². The summed E-state index contributed by atoms with van der Waals surface area (Å²) in [5.41, 5.74) is 6.27. The molecule has 1 aliphatic rings. The number of hydrogen-bond acceptors (Lipinski definition) is 5. The van der Waals surface area contributed by atoms with Gasteiger partial charge in [0.15, 0.2) is 0 Å². The molecule has 18 heavy (non-hydrogen) atoms. The third-order valence-electron chi connectivity index (χ3n) is 3.37. The zero-order chi connectivity index (χ0) is 12.8. The molecule has 1 aliphatic carbocycles. The number of nitrogens with zero attached hydrogens (tertiary/aromatic N) is 3. The fourth-order valence-corrected chi connectivity index (χ4v) is 2.30. The molecule has 0 aromatic carbocycles. The predicted molar refractivity (Wildman–Crippen MR) is 66.9 cm³/mol. The Bertz CT molecular complexity index is 433. The molecule has 0 aliphatic heterocycles. The topological polar surface area (TPSA) is 84.8 Å². The van der Waals surface area contributed by atoms with Crippen molar-refractivity contribution >= 4 is 0 Å². The molecule has 2 rings (SSSR count). The third-order valence-corrected chi connectivity index (χ3v) is 3.37. The number of aromatic nitrogens is 2. The van der Waals surface area contributed by atoms with E-state index in [0.29, 0.717) is 6.61 Å². The Kier molecular flexibility index (Phi) is 4.11. The molecular weight excluding hydrogens is 228 g/mol. The molecule has 1 aromatic rings. The second kappa shape index (κ2) is 5.78. The molecule has 0 amide bonds. The van der Waals surface area contributed by atoms with Gasteiger partial charge in [-0.05, 0) is 12.8 Å². The van der Waals surface area contributed by atoms with Crippen molar-refractivity contribution < 1.29 is 4.74 Å². The van der Waals surface area contributed by atoms with Gasteiger partial charge in [0.1, 0.15) is 12.7 Å². The first-order valence-corrected chi connectivity index (χ1v) is 6.36. The maximum atomic E-state index is 8.90. The number of ether oxygens (including phenoxy) is 1. The molecule has 0 radical (unpaired) electrons. The van der Waals surface area contributed by atoms with E-state index in [4.69, 9.17) is 15.7 Å². The van der Waals surface area contributed by atoms with Crippen molar-refractivity contribution in [2.45, 2.75) is 44.1 Å². The first-order valence-electron chi connectivity index (χ1n) is 6.36. The maximum absolute atomic E-state index is 8.90. The Balaban J connectivity index is 2.00. The van der Waals surface area contributed by atoms with Gasteiger partial charge in [-0.2, -0.15) is 5.26 Å². The van der Waals surface area contributed by atoms with Crippen LogP contribution in [0.2, 0.25) is 0 Å². The number of nitriles is 1. The van der Waals surface area contributed by atoms with Crippen LogP contribution in [0.3, 0.4) is 0 Å². The van der Waals surface area contributed by atoms with Crippen molar-refractivity contribution in [2.75, 3.05) is 6.61 Å². The van der Waals surface area contributed by atoms with E-state index in [1.807, 2.05) is 6.07 Å². The van der Waals surface area contributed by atoms with Gasteiger partial charge in [-0.15, -0.1) is 0 Å². The summed E-state index contributed by atoms with van der Waals surface area (Å²) in [6.07, 6.45) is 9.71. The third kappa shape index (κ3) is 3.17. The molecule has 0 spiro atoms. The summed E-state index contributed by atoms with van der Waals surface area (Å²) >= 11 is 0. The summed E-state index contributed by atoms with van der Waals surface area (Å²) in [6, 6.07) is 1.97. The van der Waals surface area contributed by atoms with Gasteiger partial charge in [0.25, 0.3) is 5.88 Å². The molecule has 1 saturated carbocycles. The Morgan fingerprint density at radius 3 is 2.56 bits per heavy atom. The smallest absolute Gasteiger partial charge is 0.251 e. The summed E-state index contributed by atoms with van der Waals surface area (Å²) < 4.78 is 5.60. The fraction of sp³-hybridized carbons (Fsp3) is 0.615. The Morgan fingerprint density at radius 1 is 1.22 bits per heavy atom. The number of hydrogen-bond donors (Lipinski definition) is 1. The molecule has 96 valence electrons. The molecule has 5 nitrogen and oxygen atoms in total. The van der Waals surface area contributed by atoms with E-state index in [0.717, 1.165) is 25.7 Å². The van der Waals surface area contributed by atoms with Crippen LogP contribution in [0.15, 0.2) is 12.4 Å². The van der Waals surface area contributed by atoms with Gasteiger partial charge < -0.3 is 10.5 Å². The lowest BCUT2D eigenvalue weighted by atomic mass is 9.93. The van der Waals surface area contributed by atoms with Gasteiger partial charge in [-0.3, -0.25) is 0 Å². The van der Waals surface area contributed by atoms with E-state index in [9.17, 15) is 0 Å².